The molecule has 1 N–H and O–H groups in total. The number of aryl methyl sites for hydroxylation is 2. The smallest absolute Gasteiger partial charge is 0.315 e. The molecular formula is C16H25NO2S. The van der Waals surface area contributed by atoms with E-state index >= 15 is 0 Å². The first kappa shape index (κ1) is 17.1. The molecule has 0 heterocycles. The number of nitrogens with one attached hydrogen (secondary N) is 1. The van der Waals surface area contributed by atoms with E-state index in [9.17, 15) is 4.79 Å². The van der Waals surface area contributed by atoms with Gasteiger partial charge < -0.3 is 10.1 Å². The lowest BCUT2D eigenvalue weighted by atomic mass is 10.0. The third-order valence-electron chi connectivity index (χ3n) is 3.31. The average molecular weight is 295 g/mol. The molecule has 0 bridgehead atoms. The minimum Gasteiger partial charge on any atom is -0.468 e. The zero-order chi connectivity index (χ0) is 15.0. The highest BCUT2D eigenvalue weighted by molar-refractivity contribution is 7.99. The van der Waals surface area contributed by atoms with Gasteiger partial charge in [0.1, 0.15) is 0 Å². The topological polar surface area (TPSA) is 38.3 Å². The Morgan fingerprint density at radius 1 is 1.35 bits per heavy atom. The number of carbonyl (C=O) groups is 1. The second-order valence-corrected chi connectivity index (χ2v) is 5.97. The maximum atomic E-state index is 11.2. The van der Waals surface area contributed by atoms with Gasteiger partial charge in [-0.15, -0.1) is 11.8 Å². The molecular weight excluding hydrogens is 270 g/mol. The van der Waals surface area contributed by atoms with Crippen LogP contribution in [-0.2, 0) is 9.53 Å². The van der Waals surface area contributed by atoms with Crippen molar-refractivity contribution < 1.29 is 9.53 Å². The van der Waals surface area contributed by atoms with Crippen LogP contribution in [-0.4, -0.2) is 31.1 Å². The van der Waals surface area contributed by atoms with Gasteiger partial charge in [0.2, 0.25) is 0 Å². The molecule has 112 valence electrons. The maximum absolute atomic E-state index is 11.2. The Morgan fingerprint density at radius 3 is 2.70 bits per heavy atom. The molecule has 0 fully saturated rings. The zero-order valence-electron chi connectivity index (χ0n) is 12.9. The molecule has 1 unspecified atom stereocenters. The van der Waals surface area contributed by atoms with Crippen LogP contribution in [0.5, 0.6) is 0 Å². The lowest BCUT2D eigenvalue weighted by Crippen LogP contribution is -2.24. The van der Waals surface area contributed by atoms with E-state index in [0.717, 1.165) is 18.7 Å². The highest BCUT2D eigenvalue weighted by atomic mass is 32.2. The molecule has 0 radical (unpaired) electrons. The number of methoxy groups -OCH3 is 1. The highest BCUT2D eigenvalue weighted by Crippen LogP contribution is 2.21. The van der Waals surface area contributed by atoms with Crippen LogP contribution in [0.1, 0.15) is 36.1 Å². The third kappa shape index (κ3) is 5.55. The van der Waals surface area contributed by atoms with Crippen LogP contribution in [0.2, 0.25) is 0 Å². The number of esters is 1. The molecule has 1 atom stereocenters. The van der Waals surface area contributed by atoms with Gasteiger partial charge in [-0.05, 0) is 43.5 Å². The van der Waals surface area contributed by atoms with E-state index in [2.05, 4.69) is 49.0 Å². The van der Waals surface area contributed by atoms with Gasteiger partial charge in [0.15, 0.2) is 0 Å². The molecule has 0 aliphatic rings. The molecule has 1 aromatic carbocycles. The zero-order valence-corrected chi connectivity index (χ0v) is 13.7. The molecule has 1 rings (SSSR count). The largest absolute Gasteiger partial charge is 0.468 e. The molecule has 0 spiro atoms. The molecule has 0 aliphatic carbocycles. The summed E-state index contributed by atoms with van der Waals surface area (Å²) in [5.74, 6) is 1.12. The van der Waals surface area contributed by atoms with Crippen molar-refractivity contribution >= 4 is 17.7 Å². The molecule has 0 aromatic heterocycles. The Labute approximate surface area is 126 Å². The van der Waals surface area contributed by atoms with Crippen molar-refractivity contribution in [3.8, 4) is 0 Å². The molecule has 3 nitrogen and oxygen atoms in total. The number of benzene rings is 1. The van der Waals surface area contributed by atoms with Gasteiger partial charge >= 0.3 is 5.97 Å². The van der Waals surface area contributed by atoms with E-state index in [1.165, 1.54) is 23.8 Å². The van der Waals surface area contributed by atoms with Crippen molar-refractivity contribution in [1.29, 1.82) is 0 Å². The van der Waals surface area contributed by atoms with E-state index < -0.39 is 0 Å². The summed E-state index contributed by atoms with van der Waals surface area (Å²) < 4.78 is 4.67. The van der Waals surface area contributed by atoms with E-state index in [4.69, 9.17) is 0 Å². The lowest BCUT2D eigenvalue weighted by molar-refractivity contribution is -0.137. The van der Waals surface area contributed by atoms with Crippen LogP contribution < -0.4 is 5.32 Å². The molecule has 0 saturated carbocycles. The second-order valence-electron chi connectivity index (χ2n) is 4.94. The number of thioether (sulfide) groups is 1. The number of rotatable bonds is 8. The monoisotopic (exact) mass is 295 g/mol. The Bertz CT molecular complexity index is 434. The summed E-state index contributed by atoms with van der Waals surface area (Å²) in [6, 6.07) is 6.86. The minimum absolute atomic E-state index is 0.163. The van der Waals surface area contributed by atoms with Crippen LogP contribution in [0.4, 0.5) is 0 Å². The molecule has 0 saturated heterocycles. The molecule has 4 heteroatoms. The number of hydrogen-bond acceptors (Lipinski definition) is 4. The first-order chi connectivity index (χ1) is 9.58. The molecule has 1 aromatic rings. The van der Waals surface area contributed by atoms with Crippen LogP contribution in [0.3, 0.4) is 0 Å². The standard InChI is InChI=1S/C16H25NO2S/c1-5-8-17-15(10-20-11-16(18)19-4)14-7-6-12(2)13(3)9-14/h6-7,9,15,17H,5,8,10-11H2,1-4H3. The van der Waals surface area contributed by atoms with Crippen molar-refractivity contribution in [2.24, 2.45) is 0 Å². The number of hydrogen-bond donors (Lipinski definition) is 1. The summed E-state index contributed by atoms with van der Waals surface area (Å²) in [4.78, 5) is 11.2. The van der Waals surface area contributed by atoms with Gasteiger partial charge in [-0.3, -0.25) is 4.79 Å². The second kappa shape index (κ2) is 9.03. The fraction of sp³-hybridized carbons (Fsp3) is 0.562. The summed E-state index contributed by atoms with van der Waals surface area (Å²) in [6.45, 7) is 7.40. The summed E-state index contributed by atoms with van der Waals surface area (Å²) in [5.41, 5.74) is 3.91. The van der Waals surface area contributed by atoms with Gasteiger partial charge in [0.25, 0.3) is 0 Å². The summed E-state index contributed by atoms with van der Waals surface area (Å²) >= 11 is 1.61. The van der Waals surface area contributed by atoms with Gasteiger partial charge in [0, 0.05) is 11.8 Å². The maximum Gasteiger partial charge on any atom is 0.315 e. The van der Waals surface area contributed by atoms with Gasteiger partial charge in [0.05, 0.1) is 12.9 Å². The molecule has 0 amide bonds. The Morgan fingerprint density at radius 2 is 2.10 bits per heavy atom. The highest BCUT2D eigenvalue weighted by Gasteiger charge is 2.12. The predicted octanol–water partition coefficient (Wildman–Crippen LogP) is 3.25. The first-order valence-electron chi connectivity index (χ1n) is 7.03. The van der Waals surface area contributed by atoms with E-state index in [-0.39, 0.29) is 12.0 Å². The third-order valence-corrected chi connectivity index (χ3v) is 4.32. The van der Waals surface area contributed by atoms with Crippen LogP contribution in [0, 0.1) is 13.8 Å². The van der Waals surface area contributed by atoms with Crippen LogP contribution in [0.15, 0.2) is 18.2 Å². The van der Waals surface area contributed by atoms with Crippen LogP contribution in [0.25, 0.3) is 0 Å². The lowest BCUT2D eigenvalue weighted by Gasteiger charge is -2.19. The van der Waals surface area contributed by atoms with Gasteiger partial charge in [-0.25, -0.2) is 0 Å². The van der Waals surface area contributed by atoms with Crippen molar-refractivity contribution in [2.45, 2.75) is 33.2 Å². The van der Waals surface area contributed by atoms with E-state index in [0.29, 0.717) is 5.75 Å². The van der Waals surface area contributed by atoms with Crippen molar-refractivity contribution in [3.63, 3.8) is 0 Å². The minimum atomic E-state index is -0.163. The quantitative estimate of drug-likeness (QED) is 0.747. The SMILES string of the molecule is CCCNC(CSCC(=O)OC)c1ccc(C)c(C)c1. The Balaban J connectivity index is 2.67. The molecule has 20 heavy (non-hydrogen) atoms. The Kier molecular flexibility index (Phi) is 7.70. The van der Waals surface area contributed by atoms with E-state index in [1.807, 2.05) is 0 Å². The number of ether oxygens (including phenoxy) is 1. The fourth-order valence-electron chi connectivity index (χ4n) is 1.89. The van der Waals surface area contributed by atoms with Crippen molar-refractivity contribution in [2.75, 3.05) is 25.2 Å². The summed E-state index contributed by atoms with van der Waals surface area (Å²) in [6.07, 6.45) is 1.10. The van der Waals surface area contributed by atoms with Crippen LogP contribution >= 0.6 is 11.8 Å². The van der Waals surface area contributed by atoms with Gasteiger partial charge in [-0.1, -0.05) is 25.1 Å². The van der Waals surface area contributed by atoms with Crippen molar-refractivity contribution in [3.05, 3.63) is 34.9 Å². The average Bonchev–Trinajstić information content (AvgIpc) is 2.45. The first-order valence-corrected chi connectivity index (χ1v) is 8.19. The molecule has 0 aliphatic heterocycles. The van der Waals surface area contributed by atoms with E-state index in [1.54, 1.807) is 11.8 Å². The fourth-order valence-corrected chi connectivity index (χ4v) is 2.84. The summed E-state index contributed by atoms with van der Waals surface area (Å²) in [5, 5.41) is 3.55. The Hall–Kier alpha value is -1.00. The summed E-state index contributed by atoms with van der Waals surface area (Å²) in [7, 11) is 1.43. The predicted molar refractivity (Wildman–Crippen MR) is 86.3 cm³/mol. The normalized spacial score (nSPS) is 12.2. The van der Waals surface area contributed by atoms with Crippen molar-refractivity contribution in [1.82, 2.24) is 5.32 Å². The number of carbonyl (C=O) groups excluding carboxylic acids is 1. The van der Waals surface area contributed by atoms with Gasteiger partial charge in [-0.2, -0.15) is 0 Å².